The molecule has 0 saturated carbocycles. The lowest BCUT2D eigenvalue weighted by Gasteiger charge is -1.99. The largest absolute Gasteiger partial charge is 0.460 e. The molecule has 0 radical (unpaired) electrons. The van der Waals surface area contributed by atoms with Crippen LogP contribution in [0.5, 0.6) is 0 Å². The van der Waals surface area contributed by atoms with Crippen LogP contribution in [0.1, 0.15) is 0 Å². The number of hydrogen-bond donors (Lipinski definition) is 0. The standard InChI is InChI=1S/C12H8N2O/c1-2-4-9(5-3-1)11-12-10(6-7-15-12)13-8-14-11/h1-8H. The first-order valence-corrected chi connectivity index (χ1v) is 4.69. The Morgan fingerprint density at radius 1 is 0.933 bits per heavy atom. The van der Waals surface area contributed by atoms with E-state index in [2.05, 4.69) is 9.97 Å². The molecule has 0 N–H and O–H groups in total. The first-order chi connectivity index (χ1) is 7.45. The summed E-state index contributed by atoms with van der Waals surface area (Å²) >= 11 is 0. The molecule has 0 aliphatic rings. The van der Waals surface area contributed by atoms with Crippen molar-refractivity contribution in [3.05, 3.63) is 49.0 Å². The minimum absolute atomic E-state index is 0.740. The highest BCUT2D eigenvalue weighted by molar-refractivity contribution is 5.86. The van der Waals surface area contributed by atoms with Gasteiger partial charge in [0.25, 0.3) is 0 Å². The summed E-state index contributed by atoms with van der Waals surface area (Å²) in [4.78, 5) is 8.37. The Kier molecular flexibility index (Phi) is 1.75. The Morgan fingerprint density at radius 2 is 1.80 bits per heavy atom. The van der Waals surface area contributed by atoms with E-state index in [0.29, 0.717) is 0 Å². The molecular formula is C12H8N2O. The molecule has 15 heavy (non-hydrogen) atoms. The molecule has 0 aliphatic heterocycles. The summed E-state index contributed by atoms with van der Waals surface area (Å²) in [6.45, 7) is 0. The third kappa shape index (κ3) is 1.29. The van der Waals surface area contributed by atoms with Crippen molar-refractivity contribution in [2.24, 2.45) is 0 Å². The maximum Gasteiger partial charge on any atom is 0.178 e. The summed E-state index contributed by atoms with van der Waals surface area (Å²) in [5.74, 6) is 0. The maximum atomic E-state index is 5.38. The molecule has 3 rings (SSSR count). The van der Waals surface area contributed by atoms with Gasteiger partial charge in [-0.3, -0.25) is 0 Å². The van der Waals surface area contributed by atoms with Crippen molar-refractivity contribution in [3.63, 3.8) is 0 Å². The van der Waals surface area contributed by atoms with Gasteiger partial charge in [0, 0.05) is 11.6 Å². The Labute approximate surface area is 86.4 Å². The molecule has 0 atom stereocenters. The Hall–Kier alpha value is -2.16. The van der Waals surface area contributed by atoms with Gasteiger partial charge in [-0.05, 0) is 0 Å². The highest BCUT2D eigenvalue weighted by Crippen LogP contribution is 2.25. The van der Waals surface area contributed by atoms with Gasteiger partial charge in [-0.1, -0.05) is 30.3 Å². The topological polar surface area (TPSA) is 38.9 Å². The van der Waals surface area contributed by atoms with Crippen LogP contribution in [-0.2, 0) is 0 Å². The minimum Gasteiger partial charge on any atom is -0.460 e. The van der Waals surface area contributed by atoms with Crippen LogP contribution in [0.15, 0.2) is 53.4 Å². The van der Waals surface area contributed by atoms with E-state index < -0.39 is 0 Å². The summed E-state index contributed by atoms with van der Waals surface area (Å²) in [6, 6.07) is 11.8. The summed E-state index contributed by atoms with van der Waals surface area (Å²) in [7, 11) is 0. The van der Waals surface area contributed by atoms with Crippen LogP contribution in [0.4, 0.5) is 0 Å². The number of benzene rings is 1. The number of furan rings is 1. The van der Waals surface area contributed by atoms with E-state index >= 15 is 0 Å². The van der Waals surface area contributed by atoms with E-state index in [1.54, 1.807) is 12.6 Å². The van der Waals surface area contributed by atoms with E-state index in [1.807, 2.05) is 36.4 Å². The van der Waals surface area contributed by atoms with Crippen LogP contribution in [0, 0.1) is 0 Å². The number of rotatable bonds is 1. The molecule has 0 aliphatic carbocycles. The third-order valence-electron chi connectivity index (χ3n) is 2.29. The molecule has 3 aromatic rings. The molecule has 2 heterocycles. The summed E-state index contributed by atoms with van der Waals surface area (Å²) in [5.41, 5.74) is 3.46. The molecule has 2 aromatic heterocycles. The SMILES string of the molecule is c1ccc(-c2ncnc3ccoc23)cc1. The molecule has 0 spiro atoms. The van der Waals surface area contributed by atoms with Crippen LogP contribution in [0.3, 0.4) is 0 Å². The average Bonchev–Trinajstić information content (AvgIpc) is 2.78. The fraction of sp³-hybridized carbons (Fsp3) is 0. The fourth-order valence-electron chi connectivity index (χ4n) is 1.59. The number of fused-ring (bicyclic) bond motifs is 1. The van der Waals surface area contributed by atoms with Crippen molar-refractivity contribution in [3.8, 4) is 11.3 Å². The second-order valence-corrected chi connectivity index (χ2v) is 3.22. The average molecular weight is 196 g/mol. The van der Waals surface area contributed by atoms with E-state index in [1.165, 1.54) is 0 Å². The van der Waals surface area contributed by atoms with Crippen LogP contribution < -0.4 is 0 Å². The van der Waals surface area contributed by atoms with Gasteiger partial charge in [-0.15, -0.1) is 0 Å². The van der Waals surface area contributed by atoms with Gasteiger partial charge in [0.05, 0.1) is 6.26 Å². The lowest BCUT2D eigenvalue weighted by Crippen LogP contribution is -1.85. The number of aromatic nitrogens is 2. The molecule has 1 aromatic carbocycles. The molecule has 0 amide bonds. The van der Waals surface area contributed by atoms with Gasteiger partial charge >= 0.3 is 0 Å². The highest BCUT2D eigenvalue weighted by Gasteiger charge is 2.07. The van der Waals surface area contributed by atoms with Gasteiger partial charge in [0.1, 0.15) is 17.5 Å². The van der Waals surface area contributed by atoms with Crippen LogP contribution in [0.25, 0.3) is 22.4 Å². The van der Waals surface area contributed by atoms with Crippen molar-refractivity contribution in [1.82, 2.24) is 9.97 Å². The molecule has 0 bridgehead atoms. The zero-order valence-corrected chi connectivity index (χ0v) is 7.92. The lowest BCUT2D eigenvalue weighted by molar-refractivity contribution is 0.615. The Morgan fingerprint density at radius 3 is 2.67 bits per heavy atom. The fourth-order valence-corrected chi connectivity index (χ4v) is 1.59. The molecular weight excluding hydrogens is 188 g/mol. The Bertz CT molecular complexity index is 587. The molecule has 0 saturated heterocycles. The van der Waals surface area contributed by atoms with Crippen molar-refractivity contribution in [2.75, 3.05) is 0 Å². The summed E-state index contributed by atoms with van der Waals surface area (Å²) < 4.78 is 5.38. The van der Waals surface area contributed by atoms with E-state index in [-0.39, 0.29) is 0 Å². The smallest absolute Gasteiger partial charge is 0.178 e. The van der Waals surface area contributed by atoms with Crippen molar-refractivity contribution < 1.29 is 4.42 Å². The second-order valence-electron chi connectivity index (χ2n) is 3.22. The third-order valence-corrected chi connectivity index (χ3v) is 2.29. The molecule has 3 heteroatoms. The number of nitrogens with zero attached hydrogens (tertiary/aromatic N) is 2. The first kappa shape index (κ1) is 8.17. The minimum atomic E-state index is 0.740. The quantitative estimate of drug-likeness (QED) is 0.600. The predicted molar refractivity (Wildman–Crippen MR) is 57.2 cm³/mol. The lowest BCUT2D eigenvalue weighted by atomic mass is 10.1. The van der Waals surface area contributed by atoms with E-state index in [0.717, 1.165) is 22.4 Å². The zero-order chi connectivity index (χ0) is 10.1. The van der Waals surface area contributed by atoms with Gasteiger partial charge in [0.2, 0.25) is 0 Å². The molecule has 3 nitrogen and oxygen atoms in total. The monoisotopic (exact) mass is 196 g/mol. The van der Waals surface area contributed by atoms with Gasteiger partial charge in [0.15, 0.2) is 5.58 Å². The van der Waals surface area contributed by atoms with E-state index in [9.17, 15) is 0 Å². The molecule has 0 fully saturated rings. The van der Waals surface area contributed by atoms with Gasteiger partial charge < -0.3 is 4.42 Å². The van der Waals surface area contributed by atoms with Crippen molar-refractivity contribution in [1.29, 1.82) is 0 Å². The maximum absolute atomic E-state index is 5.38. The van der Waals surface area contributed by atoms with Crippen LogP contribution in [0.2, 0.25) is 0 Å². The highest BCUT2D eigenvalue weighted by atomic mass is 16.3. The molecule has 72 valence electrons. The second kappa shape index (κ2) is 3.20. The predicted octanol–water partition coefficient (Wildman–Crippen LogP) is 2.89. The zero-order valence-electron chi connectivity index (χ0n) is 7.92. The van der Waals surface area contributed by atoms with Gasteiger partial charge in [-0.2, -0.15) is 0 Å². The van der Waals surface area contributed by atoms with Crippen LogP contribution in [-0.4, -0.2) is 9.97 Å². The summed E-state index contributed by atoms with van der Waals surface area (Å²) in [6.07, 6.45) is 3.19. The first-order valence-electron chi connectivity index (χ1n) is 4.69. The Balaban J connectivity index is 2.31. The van der Waals surface area contributed by atoms with Crippen molar-refractivity contribution in [2.45, 2.75) is 0 Å². The van der Waals surface area contributed by atoms with Crippen LogP contribution >= 0.6 is 0 Å². The molecule has 0 unspecified atom stereocenters. The van der Waals surface area contributed by atoms with E-state index in [4.69, 9.17) is 4.42 Å². The van der Waals surface area contributed by atoms with Crippen molar-refractivity contribution >= 4 is 11.1 Å². The number of hydrogen-bond acceptors (Lipinski definition) is 3. The normalized spacial score (nSPS) is 10.7. The van der Waals surface area contributed by atoms with Gasteiger partial charge in [-0.25, -0.2) is 9.97 Å². The summed E-state index contributed by atoms with van der Waals surface area (Å²) in [5, 5.41) is 0.